The van der Waals surface area contributed by atoms with E-state index < -0.39 is 0 Å². The fraction of sp³-hybridized carbons (Fsp3) is 0. The largest absolute Gasteiger partial charge is 0.246 e. The van der Waals surface area contributed by atoms with E-state index in [4.69, 9.17) is 0 Å². The molecule has 0 nitrogen and oxygen atoms in total. The Bertz CT molecular complexity index is 489. The van der Waals surface area contributed by atoms with Crippen molar-refractivity contribution in [1.82, 2.24) is 0 Å². The van der Waals surface area contributed by atoms with E-state index in [9.17, 15) is 0 Å². The lowest BCUT2D eigenvalue weighted by Crippen LogP contribution is -1.75. The molecule has 66 valence electrons. The second-order valence-corrected chi connectivity index (χ2v) is 3.37. The van der Waals surface area contributed by atoms with Crippen molar-refractivity contribution in [1.29, 1.82) is 0 Å². The monoisotopic (exact) mass is 176 g/mol. The smallest absolute Gasteiger partial charge is 0.0625 e. The summed E-state index contributed by atoms with van der Waals surface area (Å²) in [5.41, 5.74) is 0. The van der Waals surface area contributed by atoms with Gasteiger partial charge in [-0.05, 0) is 0 Å². The molecule has 0 bridgehead atoms. The van der Waals surface area contributed by atoms with Crippen LogP contribution < -0.4 is 0 Å². The molecular formula is C14H8-2. The summed E-state index contributed by atoms with van der Waals surface area (Å²) < 4.78 is 0. The average Bonchev–Trinajstić information content (AvgIpc) is 2.26. The van der Waals surface area contributed by atoms with Gasteiger partial charge in [0.2, 0.25) is 0 Å². The normalized spacial score (nSPS) is 10.9. The zero-order valence-electron chi connectivity index (χ0n) is 7.62. The van der Waals surface area contributed by atoms with Gasteiger partial charge in [-0.1, -0.05) is 35.0 Å². The first-order chi connectivity index (χ1) is 6.93. The van der Waals surface area contributed by atoms with E-state index in [0.29, 0.717) is 0 Å². The van der Waals surface area contributed by atoms with Gasteiger partial charge in [0, 0.05) is 0 Å². The van der Waals surface area contributed by atoms with Gasteiger partial charge in [0.05, 0.1) is 0 Å². The van der Waals surface area contributed by atoms with E-state index in [1.165, 1.54) is 10.8 Å². The van der Waals surface area contributed by atoms with E-state index >= 15 is 0 Å². The third-order valence-electron chi connectivity index (χ3n) is 2.45. The Morgan fingerprint density at radius 1 is 0.714 bits per heavy atom. The molecule has 0 unspecified atom stereocenters. The van der Waals surface area contributed by atoms with E-state index in [0.717, 1.165) is 10.8 Å². The van der Waals surface area contributed by atoms with E-state index in [1.54, 1.807) is 0 Å². The summed E-state index contributed by atoms with van der Waals surface area (Å²) in [4.78, 5) is 0. The quantitative estimate of drug-likeness (QED) is 0.362. The Kier molecular flexibility index (Phi) is 1.54. The van der Waals surface area contributed by atoms with Crippen molar-refractivity contribution in [2.75, 3.05) is 0 Å². The van der Waals surface area contributed by atoms with Crippen LogP contribution in [-0.2, 0) is 0 Å². The van der Waals surface area contributed by atoms with Gasteiger partial charge in [-0.2, -0.15) is 12.1 Å². The fourth-order valence-electron chi connectivity index (χ4n) is 1.74. The Balaban J connectivity index is 2.52. The van der Waals surface area contributed by atoms with Gasteiger partial charge in [-0.25, -0.2) is 35.0 Å². The third kappa shape index (κ3) is 1.08. The minimum atomic E-state index is 1.13. The van der Waals surface area contributed by atoms with Crippen molar-refractivity contribution >= 4 is 21.5 Å². The molecule has 0 aliphatic rings. The Labute approximate surface area is 82.8 Å². The highest BCUT2D eigenvalue weighted by atomic mass is 14.0. The van der Waals surface area contributed by atoms with Gasteiger partial charge in [0.1, 0.15) is 0 Å². The molecule has 0 saturated carbocycles. The van der Waals surface area contributed by atoms with E-state index in [2.05, 4.69) is 48.5 Å². The first-order valence-electron chi connectivity index (χ1n) is 4.64. The summed E-state index contributed by atoms with van der Waals surface area (Å²) >= 11 is 0. The lowest BCUT2D eigenvalue weighted by atomic mass is 10.0. The predicted molar refractivity (Wildman–Crippen MR) is 59.1 cm³/mol. The predicted octanol–water partition coefficient (Wildman–Crippen LogP) is 3.59. The molecule has 3 rings (SSSR count). The van der Waals surface area contributed by atoms with Crippen molar-refractivity contribution in [2.45, 2.75) is 0 Å². The van der Waals surface area contributed by atoms with Crippen LogP contribution in [0.15, 0.2) is 48.5 Å². The zero-order chi connectivity index (χ0) is 9.38. The molecule has 3 aromatic carbocycles. The molecular weight excluding hydrogens is 168 g/mol. The maximum absolute atomic E-state index is 3.21. The first-order valence-corrected chi connectivity index (χ1v) is 4.64. The Hall–Kier alpha value is -1.82. The number of rotatable bonds is 0. The van der Waals surface area contributed by atoms with Crippen LogP contribution in [0.25, 0.3) is 21.5 Å². The van der Waals surface area contributed by atoms with Crippen molar-refractivity contribution in [2.24, 2.45) is 0 Å². The summed E-state index contributed by atoms with van der Waals surface area (Å²) in [6, 6.07) is 22.9. The highest BCUT2D eigenvalue weighted by Gasteiger charge is 1.84. The standard InChI is InChI=1S/C14H8/c1-2-6-12-10-14-8-4-3-7-13(14)9-11(12)5-1/h1-6,9-10H/q-2. The van der Waals surface area contributed by atoms with Crippen molar-refractivity contribution in [3.8, 4) is 0 Å². The highest BCUT2D eigenvalue weighted by molar-refractivity contribution is 5.97. The van der Waals surface area contributed by atoms with Crippen LogP contribution in [0.1, 0.15) is 0 Å². The molecule has 0 fully saturated rings. The summed E-state index contributed by atoms with van der Waals surface area (Å²) in [5.74, 6) is 0. The summed E-state index contributed by atoms with van der Waals surface area (Å²) in [5, 5.41) is 4.78. The zero-order valence-corrected chi connectivity index (χ0v) is 7.62. The number of hydrogen-bond donors (Lipinski definition) is 0. The topological polar surface area (TPSA) is 0 Å². The minimum Gasteiger partial charge on any atom is -0.246 e. The molecule has 0 N–H and O–H groups in total. The molecule has 0 atom stereocenters. The third-order valence-corrected chi connectivity index (χ3v) is 2.45. The van der Waals surface area contributed by atoms with Crippen molar-refractivity contribution in [3.05, 3.63) is 60.7 Å². The summed E-state index contributed by atoms with van der Waals surface area (Å²) in [6.45, 7) is 0. The molecule has 0 heteroatoms. The number of fused-ring (bicyclic) bond motifs is 2. The molecule has 3 aromatic rings. The summed E-state index contributed by atoms with van der Waals surface area (Å²) in [7, 11) is 0. The van der Waals surface area contributed by atoms with E-state index in [1.807, 2.05) is 12.1 Å². The number of benzene rings is 3. The van der Waals surface area contributed by atoms with Crippen LogP contribution in [0.2, 0.25) is 0 Å². The van der Waals surface area contributed by atoms with Crippen molar-refractivity contribution < 1.29 is 0 Å². The Morgan fingerprint density at radius 2 is 1.21 bits per heavy atom. The van der Waals surface area contributed by atoms with Crippen LogP contribution in [-0.4, -0.2) is 0 Å². The van der Waals surface area contributed by atoms with Crippen LogP contribution in [0.5, 0.6) is 0 Å². The van der Waals surface area contributed by atoms with Crippen LogP contribution in [0, 0.1) is 12.1 Å². The van der Waals surface area contributed by atoms with Gasteiger partial charge < -0.3 is 0 Å². The fourth-order valence-corrected chi connectivity index (χ4v) is 1.74. The molecule has 0 spiro atoms. The van der Waals surface area contributed by atoms with E-state index in [-0.39, 0.29) is 0 Å². The first kappa shape index (κ1) is 7.57. The molecule has 0 aliphatic heterocycles. The number of hydrogen-bond acceptors (Lipinski definition) is 0. The molecule has 0 aromatic heterocycles. The second kappa shape index (κ2) is 2.85. The van der Waals surface area contributed by atoms with Gasteiger partial charge in [0.25, 0.3) is 0 Å². The molecule has 0 heterocycles. The lowest BCUT2D eigenvalue weighted by Gasteiger charge is -2.14. The maximum Gasteiger partial charge on any atom is -0.0625 e. The van der Waals surface area contributed by atoms with Gasteiger partial charge in [-0.3, -0.25) is 0 Å². The Morgan fingerprint density at radius 3 is 1.71 bits per heavy atom. The van der Waals surface area contributed by atoms with Crippen LogP contribution in [0.3, 0.4) is 0 Å². The molecule has 0 aliphatic carbocycles. The molecule has 14 heavy (non-hydrogen) atoms. The van der Waals surface area contributed by atoms with Gasteiger partial charge in [-0.15, -0.1) is 0 Å². The van der Waals surface area contributed by atoms with Crippen LogP contribution in [0.4, 0.5) is 0 Å². The molecule has 0 saturated heterocycles. The highest BCUT2D eigenvalue weighted by Crippen LogP contribution is 2.21. The van der Waals surface area contributed by atoms with Gasteiger partial charge in [0.15, 0.2) is 0 Å². The maximum atomic E-state index is 3.21. The SMILES string of the molecule is [c-]1cc[c-]c2cc3ccccc3cc12. The molecule has 0 radical (unpaired) electrons. The van der Waals surface area contributed by atoms with Crippen LogP contribution >= 0.6 is 0 Å². The average molecular weight is 176 g/mol. The van der Waals surface area contributed by atoms with Crippen molar-refractivity contribution in [3.63, 3.8) is 0 Å². The molecule has 0 amide bonds. The minimum absolute atomic E-state index is 1.13. The summed E-state index contributed by atoms with van der Waals surface area (Å²) in [6.07, 6.45) is 0. The lowest BCUT2D eigenvalue weighted by molar-refractivity contribution is 1.75. The van der Waals surface area contributed by atoms with Gasteiger partial charge >= 0.3 is 0 Å². The second-order valence-electron chi connectivity index (χ2n) is 3.37.